The Balaban J connectivity index is 1.54. The van der Waals surface area contributed by atoms with E-state index < -0.39 is 0 Å². The number of aryl methyl sites for hydroxylation is 1. The topological polar surface area (TPSA) is 83.4 Å². The molecule has 7 nitrogen and oxygen atoms in total. The molecule has 2 atom stereocenters. The Morgan fingerprint density at radius 1 is 1.17 bits per heavy atom. The molecule has 3 N–H and O–H groups in total. The summed E-state index contributed by atoms with van der Waals surface area (Å²) in [4.78, 5) is 21.4. The van der Waals surface area contributed by atoms with E-state index in [2.05, 4.69) is 43.2 Å². The minimum absolute atomic E-state index is 0.121. The highest BCUT2D eigenvalue weighted by Gasteiger charge is 2.24. The van der Waals surface area contributed by atoms with Crippen molar-refractivity contribution in [2.45, 2.75) is 25.9 Å². The number of benzene rings is 1. The molecule has 1 aliphatic heterocycles. The number of carbonyl (C=O) groups is 1. The number of nitrogens with zero attached hydrogens (tertiary/aromatic N) is 3. The summed E-state index contributed by atoms with van der Waals surface area (Å²) in [6.45, 7) is 3.81. The fourth-order valence-corrected chi connectivity index (χ4v) is 4.11. The summed E-state index contributed by atoms with van der Waals surface area (Å²) in [5.74, 6) is 7.19. The largest absolute Gasteiger partial charge is 0.354 e. The maximum absolute atomic E-state index is 12.5. The van der Waals surface area contributed by atoms with Gasteiger partial charge in [-0.2, -0.15) is 0 Å². The zero-order valence-electron chi connectivity index (χ0n) is 19.8. The maximum atomic E-state index is 12.5. The van der Waals surface area contributed by atoms with Crippen LogP contribution in [-0.2, 0) is 4.79 Å². The van der Waals surface area contributed by atoms with Gasteiger partial charge in [0.2, 0.25) is 5.91 Å². The van der Waals surface area contributed by atoms with Gasteiger partial charge >= 0.3 is 0 Å². The fraction of sp³-hybridized carbons (Fsp3) is 0.179. The number of allylic oxidation sites excluding steroid dienone is 2. The summed E-state index contributed by atoms with van der Waals surface area (Å²) < 4.78 is 2.07. The third kappa shape index (κ3) is 4.52. The lowest BCUT2D eigenvalue weighted by Gasteiger charge is -2.25. The highest BCUT2D eigenvalue weighted by Crippen LogP contribution is 2.26. The highest BCUT2D eigenvalue weighted by atomic mass is 16.2. The van der Waals surface area contributed by atoms with E-state index in [1.54, 1.807) is 13.2 Å². The van der Waals surface area contributed by atoms with Gasteiger partial charge in [0.1, 0.15) is 17.5 Å². The van der Waals surface area contributed by atoms with Crippen LogP contribution in [0.2, 0.25) is 0 Å². The second-order valence-corrected chi connectivity index (χ2v) is 8.46. The lowest BCUT2D eigenvalue weighted by molar-refractivity contribution is -0.122. The molecular weight excluding hydrogens is 436 g/mol. The van der Waals surface area contributed by atoms with Gasteiger partial charge in [0.15, 0.2) is 0 Å². The Bertz CT molecular complexity index is 1550. The summed E-state index contributed by atoms with van der Waals surface area (Å²) in [5.41, 5.74) is 4.67. The first kappa shape index (κ1) is 22.4. The number of hydrogen-bond donors (Lipinski definition) is 3. The molecule has 4 heterocycles. The number of hydrogen-bond acceptors (Lipinski definition) is 5. The SMILES string of the molecule is CNC(C)C(=O)NC1=CC=C(c2c(C)nc3ccccn23)C(C#Cc2ccc3cnccc3c2)N1. The molecule has 1 amide bonds. The number of aromatic nitrogens is 3. The first-order valence-corrected chi connectivity index (χ1v) is 11.5. The standard InChI is InChI=1S/C28H26N6O/c1-18-27(34-15-5-4-6-26(34)31-18)23-10-12-25(33-28(35)19(2)29-3)32-24(23)11-8-20-7-9-22-17-30-14-13-21(22)16-20/h4-7,9-10,12-17,19,24,29,32H,1-3H3,(H,33,35). The molecule has 7 heteroatoms. The number of carbonyl (C=O) groups excluding carboxylic acids is 1. The van der Waals surface area contributed by atoms with E-state index in [1.165, 1.54) is 0 Å². The predicted octanol–water partition coefficient (Wildman–Crippen LogP) is 3.16. The molecule has 1 aromatic carbocycles. The Kier molecular flexibility index (Phi) is 6.04. The molecule has 0 saturated carbocycles. The Hall–Kier alpha value is -4.41. The average Bonchev–Trinajstić information content (AvgIpc) is 3.22. The highest BCUT2D eigenvalue weighted by molar-refractivity contribution is 5.84. The molecule has 0 radical (unpaired) electrons. The van der Waals surface area contributed by atoms with E-state index in [4.69, 9.17) is 4.98 Å². The van der Waals surface area contributed by atoms with Crippen LogP contribution in [0.3, 0.4) is 0 Å². The lowest BCUT2D eigenvalue weighted by Crippen LogP contribution is -2.45. The predicted molar refractivity (Wildman–Crippen MR) is 138 cm³/mol. The van der Waals surface area contributed by atoms with Crippen molar-refractivity contribution in [1.29, 1.82) is 0 Å². The van der Waals surface area contributed by atoms with Gasteiger partial charge in [0, 0.05) is 35.1 Å². The van der Waals surface area contributed by atoms with E-state index in [0.29, 0.717) is 5.82 Å². The second kappa shape index (κ2) is 9.45. The van der Waals surface area contributed by atoms with E-state index >= 15 is 0 Å². The van der Waals surface area contributed by atoms with Crippen molar-refractivity contribution >= 4 is 27.9 Å². The van der Waals surface area contributed by atoms with E-state index in [-0.39, 0.29) is 18.0 Å². The minimum atomic E-state index is -0.355. The summed E-state index contributed by atoms with van der Waals surface area (Å²) in [6.07, 6.45) is 9.50. The average molecular weight is 463 g/mol. The summed E-state index contributed by atoms with van der Waals surface area (Å²) in [7, 11) is 1.76. The molecule has 0 aliphatic carbocycles. The van der Waals surface area contributed by atoms with Crippen LogP contribution in [0.4, 0.5) is 0 Å². The number of rotatable bonds is 4. The number of nitrogens with one attached hydrogen (secondary N) is 3. The fourth-order valence-electron chi connectivity index (χ4n) is 4.11. The van der Waals surface area contributed by atoms with Gasteiger partial charge in [-0.05, 0) is 62.7 Å². The summed E-state index contributed by atoms with van der Waals surface area (Å²) in [6, 6.07) is 13.3. The third-order valence-corrected chi connectivity index (χ3v) is 6.10. The van der Waals surface area contributed by atoms with Crippen LogP contribution in [0.1, 0.15) is 23.9 Å². The van der Waals surface area contributed by atoms with Gasteiger partial charge in [-0.1, -0.05) is 30.0 Å². The van der Waals surface area contributed by atoms with Gasteiger partial charge in [0.25, 0.3) is 0 Å². The third-order valence-electron chi connectivity index (χ3n) is 6.10. The molecule has 0 saturated heterocycles. The number of pyridine rings is 2. The van der Waals surface area contributed by atoms with Crippen molar-refractivity contribution in [3.8, 4) is 11.8 Å². The van der Waals surface area contributed by atoms with Crippen LogP contribution >= 0.6 is 0 Å². The molecule has 35 heavy (non-hydrogen) atoms. The molecule has 5 rings (SSSR count). The Morgan fingerprint density at radius 3 is 2.91 bits per heavy atom. The smallest absolute Gasteiger partial charge is 0.242 e. The molecule has 0 spiro atoms. The molecular formula is C28H26N6O. The van der Waals surface area contributed by atoms with E-state index in [9.17, 15) is 4.79 Å². The molecule has 4 aromatic rings. The van der Waals surface area contributed by atoms with Crippen molar-refractivity contribution in [2.24, 2.45) is 0 Å². The molecule has 3 aromatic heterocycles. The first-order chi connectivity index (χ1) is 17.0. The minimum Gasteiger partial charge on any atom is -0.354 e. The maximum Gasteiger partial charge on any atom is 0.242 e. The van der Waals surface area contributed by atoms with Crippen molar-refractivity contribution < 1.29 is 4.79 Å². The van der Waals surface area contributed by atoms with Crippen LogP contribution in [0.15, 0.2) is 79.0 Å². The summed E-state index contributed by atoms with van der Waals surface area (Å²) >= 11 is 0. The number of dihydropyridines is 1. The second-order valence-electron chi connectivity index (χ2n) is 8.46. The molecule has 174 valence electrons. The monoisotopic (exact) mass is 462 g/mol. The van der Waals surface area contributed by atoms with Gasteiger partial charge in [-0.25, -0.2) is 4.98 Å². The van der Waals surface area contributed by atoms with Gasteiger partial charge < -0.3 is 16.0 Å². The van der Waals surface area contributed by atoms with Crippen LogP contribution in [0.25, 0.3) is 22.0 Å². The molecule has 0 bridgehead atoms. The zero-order chi connectivity index (χ0) is 24.4. The lowest BCUT2D eigenvalue weighted by atomic mass is 9.98. The Labute approximate surface area is 204 Å². The van der Waals surface area contributed by atoms with Crippen LogP contribution < -0.4 is 16.0 Å². The van der Waals surface area contributed by atoms with Crippen LogP contribution in [-0.4, -0.2) is 39.4 Å². The summed E-state index contributed by atoms with van der Waals surface area (Å²) in [5, 5.41) is 11.5. The van der Waals surface area contributed by atoms with Crippen molar-refractivity contribution in [3.63, 3.8) is 0 Å². The number of likely N-dealkylation sites (N-methyl/N-ethyl adjacent to an activating group) is 1. The molecule has 1 aliphatic rings. The molecule has 0 fully saturated rings. The van der Waals surface area contributed by atoms with Crippen LogP contribution in [0.5, 0.6) is 0 Å². The van der Waals surface area contributed by atoms with Crippen LogP contribution in [0, 0.1) is 18.8 Å². The van der Waals surface area contributed by atoms with E-state index in [1.807, 2.05) is 74.8 Å². The van der Waals surface area contributed by atoms with Crippen molar-refractivity contribution in [1.82, 2.24) is 30.3 Å². The first-order valence-electron chi connectivity index (χ1n) is 11.5. The van der Waals surface area contributed by atoms with Crippen molar-refractivity contribution in [3.05, 3.63) is 96.0 Å². The number of amides is 1. The number of imidazole rings is 1. The zero-order valence-corrected chi connectivity index (χ0v) is 19.8. The van der Waals surface area contributed by atoms with Crippen molar-refractivity contribution in [2.75, 3.05) is 7.05 Å². The quantitative estimate of drug-likeness (QED) is 0.406. The van der Waals surface area contributed by atoms with Gasteiger partial charge in [-0.3, -0.25) is 14.2 Å². The Morgan fingerprint density at radius 2 is 2.06 bits per heavy atom. The van der Waals surface area contributed by atoms with Gasteiger partial charge in [-0.15, -0.1) is 0 Å². The van der Waals surface area contributed by atoms with Gasteiger partial charge in [0.05, 0.1) is 17.4 Å². The van der Waals surface area contributed by atoms with E-state index in [0.717, 1.165) is 38.9 Å². The molecule has 2 unspecified atom stereocenters. The number of fused-ring (bicyclic) bond motifs is 2. The normalized spacial score (nSPS) is 16.0.